The number of nitrogens with two attached hydrogens (primary N) is 1. The summed E-state index contributed by atoms with van der Waals surface area (Å²) in [5.74, 6) is 2.26. The van der Waals surface area contributed by atoms with Gasteiger partial charge in [-0.2, -0.15) is 0 Å². The molecule has 4 nitrogen and oxygen atoms in total. The molecule has 1 aliphatic heterocycles. The van der Waals surface area contributed by atoms with Crippen LogP contribution in [-0.2, 0) is 9.47 Å². The second-order valence-corrected chi connectivity index (χ2v) is 11.7. The maximum Gasteiger partial charge on any atom is 0.174 e. The quantitative estimate of drug-likeness (QED) is 0.509. The highest BCUT2D eigenvalue weighted by Crippen LogP contribution is 2.70. The van der Waals surface area contributed by atoms with Crippen molar-refractivity contribution >= 4 is 0 Å². The van der Waals surface area contributed by atoms with Gasteiger partial charge in [-0.1, -0.05) is 26.0 Å². The van der Waals surface area contributed by atoms with Gasteiger partial charge in [-0.3, -0.25) is 0 Å². The Balaban J connectivity index is 1.34. The number of hydrogen-bond donors (Lipinski definition) is 2. The standard InChI is InChI=1S/C26H43NO3/c1-23-11-7-19(6-4-3-5-15-27)18-25(23,28)13-8-20-21(23)9-12-24(2)22(20)10-14-26(24)29-16-17-30-26/h4,6,19-22,28H,3,5,7-18,27H2,1-2H3/b6-4-/t19-,20-,21+,22+,23-,24+,25-/m1/s1. The minimum Gasteiger partial charge on any atom is -0.389 e. The third-order valence-corrected chi connectivity index (χ3v) is 10.6. The molecule has 1 spiro atoms. The zero-order valence-electron chi connectivity index (χ0n) is 19.2. The van der Waals surface area contributed by atoms with Gasteiger partial charge in [0, 0.05) is 11.8 Å². The van der Waals surface area contributed by atoms with Gasteiger partial charge in [-0.15, -0.1) is 0 Å². The molecule has 0 radical (unpaired) electrons. The predicted molar refractivity (Wildman–Crippen MR) is 119 cm³/mol. The SMILES string of the molecule is C[C@]12CC[C@H]3[C@@H](CC[C@@]4(O)C[C@H](/C=C\CCCN)CC[C@]34C)[C@@H]1CCC21OCCO1. The number of fused-ring (bicyclic) bond motifs is 6. The molecule has 0 aromatic rings. The van der Waals surface area contributed by atoms with Gasteiger partial charge >= 0.3 is 0 Å². The van der Waals surface area contributed by atoms with Gasteiger partial charge in [-0.25, -0.2) is 0 Å². The minimum absolute atomic E-state index is 0.0615. The van der Waals surface area contributed by atoms with E-state index in [1.54, 1.807) is 0 Å². The molecule has 5 fully saturated rings. The highest BCUT2D eigenvalue weighted by Gasteiger charge is 2.69. The van der Waals surface area contributed by atoms with Gasteiger partial charge in [0.15, 0.2) is 5.79 Å². The van der Waals surface area contributed by atoms with Crippen LogP contribution in [0.1, 0.15) is 84.5 Å². The average molecular weight is 418 g/mol. The molecule has 5 rings (SSSR count). The Morgan fingerprint density at radius 2 is 1.63 bits per heavy atom. The molecule has 5 aliphatic rings. The first-order chi connectivity index (χ1) is 14.4. The number of hydrogen-bond acceptors (Lipinski definition) is 4. The Bertz CT molecular complexity index is 673. The molecular weight excluding hydrogens is 374 g/mol. The largest absolute Gasteiger partial charge is 0.389 e. The van der Waals surface area contributed by atoms with Crippen LogP contribution in [-0.4, -0.2) is 36.3 Å². The van der Waals surface area contributed by atoms with Crippen LogP contribution in [0.2, 0.25) is 0 Å². The Morgan fingerprint density at radius 3 is 2.40 bits per heavy atom. The van der Waals surface area contributed by atoms with Crippen LogP contribution in [0.25, 0.3) is 0 Å². The topological polar surface area (TPSA) is 64.7 Å². The first kappa shape index (κ1) is 21.4. The van der Waals surface area contributed by atoms with E-state index in [0.717, 1.165) is 64.2 Å². The van der Waals surface area contributed by atoms with Crippen molar-refractivity contribution < 1.29 is 14.6 Å². The molecule has 0 aromatic carbocycles. The van der Waals surface area contributed by atoms with Gasteiger partial charge in [0.05, 0.1) is 18.8 Å². The maximum atomic E-state index is 12.0. The lowest BCUT2D eigenvalue weighted by molar-refractivity contribution is -0.260. The third kappa shape index (κ3) is 2.93. The molecule has 0 unspecified atom stereocenters. The van der Waals surface area contributed by atoms with Crippen molar-refractivity contribution in [2.75, 3.05) is 19.8 Å². The normalized spacial score (nSPS) is 49.9. The Hall–Kier alpha value is -0.420. The molecule has 1 heterocycles. The van der Waals surface area contributed by atoms with Gasteiger partial charge in [0.25, 0.3) is 0 Å². The average Bonchev–Trinajstić information content (AvgIpc) is 3.32. The van der Waals surface area contributed by atoms with Crippen molar-refractivity contribution in [1.29, 1.82) is 0 Å². The fourth-order valence-corrected chi connectivity index (χ4v) is 8.87. The summed E-state index contributed by atoms with van der Waals surface area (Å²) in [6.07, 6.45) is 17.0. The monoisotopic (exact) mass is 417 g/mol. The summed E-state index contributed by atoms with van der Waals surface area (Å²) < 4.78 is 12.6. The predicted octanol–water partition coefficient (Wildman–Crippen LogP) is 4.80. The minimum atomic E-state index is -0.500. The van der Waals surface area contributed by atoms with Crippen molar-refractivity contribution in [3.05, 3.63) is 12.2 Å². The van der Waals surface area contributed by atoms with Crippen LogP contribution in [0.5, 0.6) is 0 Å². The number of aliphatic hydroxyl groups is 1. The second-order valence-electron chi connectivity index (χ2n) is 11.7. The third-order valence-electron chi connectivity index (χ3n) is 10.6. The summed E-state index contributed by atoms with van der Waals surface area (Å²) in [5.41, 5.74) is 5.34. The number of allylic oxidation sites excluding steroid dienone is 2. The van der Waals surface area contributed by atoms with Gasteiger partial charge in [-0.05, 0) is 99.8 Å². The van der Waals surface area contributed by atoms with Crippen LogP contribution < -0.4 is 5.73 Å². The smallest absolute Gasteiger partial charge is 0.174 e. The summed E-state index contributed by atoms with van der Waals surface area (Å²) in [6.45, 7) is 7.17. The molecule has 7 atom stereocenters. The van der Waals surface area contributed by atoms with E-state index in [1.807, 2.05) is 0 Å². The number of rotatable bonds is 4. The molecule has 0 bridgehead atoms. The summed E-state index contributed by atoms with van der Waals surface area (Å²) in [6, 6.07) is 0. The zero-order valence-corrected chi connectivity index (χ0v) is 19.2. The lowest BCUT2D eigenvalue weighted by Crippen LogP contribution is -2.63. The lowest BCUT2D eigenvalue weighted by Gasteiger charge is -2.64. The van der Waals surface area contributed by atoms with Crippen molar-refractivity contribution in [2.24, 2.45) is 40.2 Å². The van der Waals surface area contributed by atoms with E-state index in [4.69, 9.17) is 15.2 Å². The Kier molecular flexibility index (Phi) is 5.41. The summed E-state index contributed by atoms with van der Waals surface area (Å²) in [7, 11) is 0. The second kappa shape index (κ2) is 7.57. The molecule has 4 saturated carbocycles. The fourth-order valence-electron chi connectivity index (χ4n) is 8.87. The number of ether oxygens (including phenoxy) is 2. The fraction of sp³-hybridized carbons (Fsp3) is 0.923. The molecular formula is C26H43NO3. The summed E-state index contributed by atoms with van der Waals surface area (Å²) in [5, 5.41) is 12.0. The van der Waals surface area contributed by atoms with Crippen LogP contribution >= 0.6 is 0 Å². The van der Waals surface area contributed by atoms with Gasteiger partial charge in [0.1, 0.15) is 0 Å². The molecule has 170 valence electrons. The molecule has 0 aromatic heterocycles. The zero-order chi connectivity index (χ0) is 21.0. The van der Waals surface area contributed by atoms with Crippen LogP contribution in [0, 0.1) is 34.5 Å². The van der Waals surface area contributed by atoms with E-state index in [-0.39, 0.29) is 16.6 Å². The van der Waals surface area contributed by atoms with Crippen LogP contribution in [0.3, 0.4) is 0 Å². The van der Waals surface area contributed by atoms with E-state index < -0.39 is 5.60 Å². The van der Waals surface area contributed by atoms with Gasteiger partial charge in [0.2, 0.25) is 0 Å². The van der Waals surface area contributed by atoms with Crippen molar-refractivity contribution in [3.63, 3.8) is 0 Å². The molecule has 0 amide bonds. The Labute approximate surface area is 183 Å². The summed E-state index contributed by atoms with van der Waals surface area (Å²) in [4.78, 5) is 0. The van der Waals surface area contributed by atoms with E-state index in [0.29, 0.717) is 17.8 Å². The van der Waals surface area contributed by atoms with Gasteiger partial charge < -0.3 is 20.3 Å². The molecule has 30 heavy (non-hydrogen) atoms. The molecule has 4 heteroatoms. The van der Waals surface area contributed by atoms with Crippen LogP contribution in [0.4, 0.5) is 0 Å². The lowest BCUT2D eigenvalue weighted by atomic mass is 9.43. The first-order valence-corrected chi connectivity index (χ1v) is 12.7. The van der Waals surface area contributed by atoms with Crippen molar-refractivity contribution in [1.82, 2.24) is 0 Å². The maximum absolute atomic E-state index is 12.0. The van der Waals surface area contributed by atoms with E-state index in [1.165, 1.54) is 32.1 Å². The Morgan fingerprint density at radius 1 is 0.933 bits per heavy atom. The van der Waals surface area contributed by atoms with E-state index in [2.05, 4.69) is 26.0 Å². The highest BCUT2D eigenvalue weighted by molar-refractivity contribution is 5.17. The first-order valence-electron chi connectivity index (χ1n) is 12.7. The molecule has 4 aliphatic carbocycles. The molecule has 3 N–H and O–H groups in total. The van der Waals surface area contributed by atoms with E-state index >= 15 is 0 Å². The molecule has 1 saturated heterocycles. The van der Waals surface area contributed by atoms with E-state index in [9.17, 15) is 5.11 Å². The van der Waals surface area contributed by atoms with Crippen LogP contribution in [0.15, 0.2) is 12.2 Å². The van der Waals surface area contributed by atoms with Crippen molar-refractivity contribution in [2.45, 2.75) is 95.9 Å². The number of unbranched alkanes of at least 4 members (excludes halogenated alkanes) is 1. The summed E-state index contributed by atoms with van der Waals surface area (Å²) >= 11 is 0. The highest BCUT2D eigenvalue weighted by atomic mass is 16.7. The van der Waals surface area contributed by atoms with Crippen molar-refractivity contribution in [3.8, 4) is 0 Å².